The lowest BCUT2D eigenvalue weighted by Gasteiger charge is -2.32. The van der Waals surface area contributed by atoms with Crippen molar-refractivity contribution in [1.82, 2.24) is 20.2 Å². The van der Waals surface area contributed by atoms with Gasteiger partial charge in [0.2, 0.25) is 5.91 Å². The van der Waals surface area contributed by atoms with E-state index in [-0.39, 0.29) is 23.8 Å². The number of fused-ring (bicyclic) bond motifs is 6. The standard InChI is InChI=1S/C36H43BN4O6/c1-19(2)30(40-34(43)44-8)33(42)41-17-20(3)13-28(41)32-38-27-12-9-21-15-26-24-11-10-23(37-46-35(4,5)36(6,7)47-37)14-22(24)18-45-29(26)16-25(21)31(27)39-32/h9-12,14-16,19-20,28,30H,13,17-18H2,1-8H3,(H,38,39)(H,40,43). The average molecular weight is 639 g/mol. The van der Waals surface area contributed by atoms with Crippen LogP contribution in [0.25, 0.3) is 32.9 Å². The number of aromatic nitrogens is 2. The molecule has 2 fully saturated rings. The predicted molar refractivity (Wildman–Crippen MR) is 181 cm³/mol. The van der Waals surface area contributed by atoms with Crippen molar-refractivity contribution in [3.05, 3.63) is 53.9 Å². The van der Waals surface area contributed by atoms with Gasteiger partial charge in [0.15, 0.2) is 0 Å². The van der Waals surface area contributed by atoms with Gasteiger partial charge in [-0.3, -0.25) is 4.79 Å². The summed E-state index contributed by atoms with van der Waals surface area (Å²) in [4.78, 5) is 36.3. The van der Waals surface area contributed by atoms with E-state index >= 15 is 0 Å². The summed E-state index contributed by atoms with van der Waals surface area (Å²) < 4.78 is 23.7. The summed E-state index contributed by atoms with van der Waals surface area (Å²) in [5.41, 5.74) is 5.16. The maximum atomic E-state index is 13.8. The third kappa shape index (κ3) is 5.33. The van der Waals surface area contributed by atoms with E-state index in [0.29, 0.717) is 13.2 Å². The van der Waals surface area contributed by atoms with E-state index in [4.69, 9.17) is 23.8 Å². The Bertz CT molecular complexity index is 1890. The number of nitrogens with zero attached hydrogens (tertiary/aromatic N) is 2. The molecule has 4 heterocycles. The number of imidazole rings is 1. The number of aromatic amines is 1. The highest BCUT2D eigenvalue weighted by Crippen LogP contribution is 2.43. The summed E-state index contributed by atoms with van der Waals surface area (Å²) in [6.07, 6.45) is 0.157. The minimum absolute atomic E-state index is 0.107. The van der Waals surface area contributed by atoms with Crippen LogP contribution >= 0.6 is 0 Å². The number of nitrogens with one attached hydrogen (secondary N) is 2. The van der Waals surface area contributed by atoms with Crippen LogP contribution < -0.4 is 15.5 Å². The Balaban J connectivity index is 1.20. The number of benzene rings is 3. The second kappa shape index (κ2) is 11.3. The average Bonchev–Trinajstić information content (AvgIpc) is 3.70. The molecule has 2 N–H and O–H groups in total. The van der Waals surface area contributed by atoms with Gasteiger partial charge in [0.05, 0.1) is 35.4 Å². The molecule has 3 unspecified atom stereocenters. The molecule has 0 spiro atoms. The largest absolute Gasteiger partial charge is 0.494 e. The number of rotatable bonds is 5. The number of ether oxygens (including phenoxy) is 2. The highest BCUT2D eigenvalue weighted by Gasteiger charge is 2.52. The van der Waals surface area contributed by atoms with Crippen LogP contribution in [-0.2, 0) is 25.4 Å². The number of carbonyl (C=O) groups is 2. The van der Waals surface area contributed by atoms with E-state index in [1.807, 2.05) is 24.8 Å². The second-order valence-corrected chi connectivity index (χ2v) is 14.7. The Hall–Kier alpha value is -4.09. The monoisotopic (exact) mass is 638 g/mol. The molecular formula is C36H43BN4O6. The molecule has 47 heavy (non-hydrogen) atoms. The van der Waals surface area contributed by atoms with Crippen molar-refractivity contribution in [2.24, 2.45) is 11.8 Å². The lowest BCUT2D eigenvalue weighted by molar-refractivity contribution is -0.135. The molecule has 3 atom stereocenters. The normalized spacial score (nSPS) is 21.9. The van der Waals surface area contributed by atoms with Crippen molar-refractivity contribution in [1.29, 1.82) is 0 Å². The molecule has 246 valence electrons. The lowest BCUT2D eigenvalue weighted by Crippen LogP contribution is -2.51. The molecule has 0 aliphatic carbocycles. The summed E-state index contributed by atoms with van der Waals surface area (Å²) in [5.74, 6) is 1.60. The summed E-state index contributed by atoms with van der Waals surface area (Å²) in [6.45, 7) is 15.2. The van der Waals surface area contributed by atoms with Gasteiger partial charge in [-0.05, 0) is 86.1 Å². The highest BCUT2D eigenvalue weighted by molar-refractivity contribution is 6.62. The first kappa shape index (κ1) is 31.5. The molecule has 3 aromatic carbocycles. The number of carbonyl (C=O) groups excluding carboxylic acids is 2. The quantitative estimate of drug-likeness (QED) is 0.263. The van der Waals surface area contributed by atoms with Crippen LogP contribution in [0.2, 0.25) is 0 Å². The summed E-state index contributed by atoms with van der Waals surface area (Å²) in [7, 11) is 0.871. The fraction of sp³-hybridized carbons (Fsp3) is 0.472. The van der Waals surface area contributed by atoms with Gasteiger partial charge < -0.3 is 34.0 Å². The summed E-state index contributed by atoms with van der Waals surface area (Å²) in [5, 5.41) is 4.77. The second-order valence-electron chi connectivity index (χ2n) is 14.7. The predicted octanol–water partition coefficient (Wildman–Crippen LogP) is 5.86. The number of hydrogen-bond donors (Lipinski definition) is 2. The first-order valence-electron chi connectivity index (χ1n) is 16.5. The van der Waals surface area contributed by atoms with Crippen LogP contribution in [-0.4, -0.2) is 64.9 Å². The smallest absolute Gasteiger partial charge is 0.488 e. The summed E-state index contributed by atoms with van der Waals surface area (Å²) in [6, 6.07) is 13.8. The van der Waals surface area contributed by atoms with E-state index in [0.717, 1.165) is 62.0 Å². The van der Waals surface area contributed by atoms with Crippen molar-refractivity contribution in [2.45, 2.75) is 84.8 Å². The number of likely N-dealkylation sites (tertiary alicyclic amines) is 1. The van der Waals surface area contributed by atoms with Gasteiger partial charge in [-0.25, -0.2) is 9.78 Å². The van der Waals surface area contributed by atoms with Gasteiger partial charge in [-0.1, -0.05) is 45.0 Å². The lowest BCUT2D eigenvalue weighted by atomic mass is 9.77. The number of amides is 2. The molecule has 0 radical (unpaired) electrons. The number of alkyl carbamates (subject to hydrolysis) is 1. The van der Waals surface area contributed by atoms with Gasteiger partial charge in [0.25, 0.3) is 0 Å². The van der Waals surface area contributed by atoms with Gasteiger partial charge in [0.1, 0.15) is 24.2 Å². The zero-order chi connectivity index (χ0) is 33.4. The van der Waals surface area contributed by atoms with Crippen molar-refractivity contribution in [2.75, 3.05) is 13.7 Å². The Kier molecular flexibility index (Phi) is 7.55. The van der Waals surface area contributed by atoms with Crippen molar-refractivity contribution >= 4 is 46.4 Å². The molecule has 0 saturated carbocycles. The SMILES string of the molecule is COC(=O)NC(C(=O)N1CC(C)CC1c1nc2c(ccc3cc4c(cc32)OCc2cc(B3OC(C)(C)C(C)(C)O3)ccc2-4)[nH]1)C(C)C. The molecule has 11 heteroatoms. The number of H-pyrrole nitrogens is 1. The van der Waals surface area contributed by atoms with Crippen molar-refractivity contribution in [3.63, 3.8) is 0 Å². The van der Waals surface area contributed by atoms with Crippen LogP contribution in [0.15, 0.2) is 42.5 Å². The van der Waals surface area contributed by atoms with Crippen LogP contribution in [0.4, 0.5) is 4.79 Å². The Labute approximate surface area is 275 Å². The van der Waals surface area contributed by atoms with E-state index in [1.54, 1.807) is 0 Å². The van der Waals surface area contributed by atoms with E-state index in [2.05, 4.69) is 81.3 Å². The fourth-order valence-corrected chi connectivity index (χ4v) is 7.04. The molecule has 2 amide bonds. The zero-order valence-electron chi connectivity index (χ0n) is 28.4. The Morgan fingerprint density at radius 2 is 1.81 bits per heavy atom. The molecule has 4 aromatic rings. The third-order valence-corrected chi connectivity index (χ3v) is 10.4. The minimum atomic E-state index is -0.694. The highest BCUT2D eigenvalue weighted by atomic mass is 16.7. The number of hydrogen-bond acceptors (Lipinski definition) is 7. The van der Waals surface area contributed by atoms with Gasteiger partial charge in [-0.15, -0.1) is 0 Å². The summed E-state index contributed by atoms with van der Waals surface area (Å²) >= 11 is 0. The van der Waals surface area contributed by atoms with E-state index in [9.17, 15) is 9.59 Å². The third-order valence-electron chi connectivity index (χ3n) is 10.4. The molecule has 1 aromatic heterocycles. The maximum absolute atomic E-state index is 13.8. The molecule has 3 aliphatic heterocycles. The first-order valence-corrected chi connectivity index (χ1v) is 16.5. The van der Waals surface area contributed by atoms with Crippen LogP contribution in [0.5, 0.6) is 5.75 Å². The molecule has 0 bridgehead atoms. The molecule has 2 saturated heterocycles. The molecule has 3 aliphatic rings. The fourth-order valence-electron chi connectivity index (χ4n) is 7.04. The van der Waals surface area contributed by atoms with Crippen LogP contribution in [0.3, 0.4) is 0 Å². The maximum Gasteiger partial charge on any atom is 0.494 e. The van der Waals surface area contributed by atoms with Crippen molar-refractivity contribution in [3.8, 4) is 16.9 Å². The topological polar surface area (TPSA) is 115 Å². The van der Waals surface area contributed by atoms with Gasteiger partial charge >= 0.3 is 13.2 Å². The van der Waals surface area contributed by atoms with Gasteiger partial charge in [-0.2, -0.15) is 0 Å². The van der Waals surface area contributed by atoms with Gasteiger partial charge in [0, 0.05) is 17.5 Å². The molecule has 7 rings (SSSR count). The Morgan fingerprint density at radius 1 is 1.06 bits per heavy atom. The van der Waals surface area contributed by atoms with Crippen molar-refractivity contribution < 1.29 is 28.4 Å². The minimum Gasteiger partial charge on any atom is -0.488 e. The van der Waals surface area contributed by atoms with E-state index in [1.165, 1.54) is 7.11 Å². The van der Waals surface area contributed by atoms with E-state index < -0.39 is 30.5 Å². The van der Waals surface area contributed by atoms with Crippen LogP contribution in [0.1, 0.15) is 72.3 Å². The molecular weight excluding hydrogens is 595 g/mol. The number of methoxy groups -OCH3 is 1. The zero-order valence-corrected chi connectivity index (χ0v) is 28.4. The Morgan fingerprint density at radius 3 is 2.51 bits per heavy atom. The van der Waals surface area contributed by atoms with Crippen LogP contribution in [0, 0.1) is 11.8 Å². The molecule has 10 nitrogen and oxygen atoms in total. The first-order chi connectivity index (χ1) is 22.3.